The Morgan fingerprint density at radius 3 is 2.11 bits per heavy atom. The van der Waals surface area contributed by atoms with Crippen molar-refractivity contribution in [3.8, 4) is 11.5 Å². The number of rotatable bonds is 13. The molecule has 1 N–H and O–H groups in total. The van der Waals surface area contributed by atoms with Crippen molar-refractivity contribution in [3.05, 3.63) is 120 Å². The quantitative estimate of drug-likeness (QED) is 0.236. The average molecular weight is 616 g/mol. The fraction of sp³-hybridized carbons (Fsp3) is 0.235. The molecule has 0 aliphatic carbocycles. The summed E-state index contributed by atoms with van der Waals surface area (Å²) in [6.45, 7) is 1.46. The number of sulfonamides is 1. The maximum absolute atomic E-state index is 14.4. The van der Waals surface area contributed by atoms with Crippen molar-refractivity contribution in [2.45, 2.75) is 30.8 Å². The van der Waals surface area contributed by atoms with Gasteiger partial charge in [0.2, 0.25) is 11.8 Å². The molecule has 1 atom stereocenters. The van der Waals surface area contributed by atoms with E-state index in [1.165, 1.54) is 38.3 Å². The number of nitrogens with zero attached hydrogens (tertiary/aromatic N) is 2. The number of para-hydroxylation sites is 2. The summed E-state index contributed by atoms with van der Waals surface area (Å²) in [5.41, 5.74) is 2.85. The summed E-state index contributed by atoms with van der Waals surface area (Å²) in [5, 5.41) is 2.69. The number of ether oxygens (including phenoxy) is 2. The van der Waals surface area contributed by atoms with Gasteiger partial charge in [0.15, 0.2) is 0 Å². The maximum atomic E-state index is 14.4. The van der Waals surface area contributed by atoms with Crippen LogP contribution in [0, 0.1) is 6.92 Å². The third-order valence-corrected chi connectivity index (χ3v) is 9.01. The molecule has 0 spiro atoms. The molecule has 0 saturated carbocycles. The zero-order chi connectivity index (χ0) is 31.7. The Hall–Kier alpha value is -4.83. The number of likely N-dealkylation sites (N-methyl/N-ethyl adjacent to an activating group) is 1. The van der Waals surface area contributed by atoms with Crippen molar-refractivity contribution < 1.29 is 27.5 Å². The van der Waals surface area contributed by atoms with Gasteiger partial charge in [-0.2, -0.15) is 0 Å². The van der Waals surface area contributed by atoms with Crippen LogP contribution in [0.4, 0.5) is 5.69 Å². The summed E-state index contributed by atoms with van der Waals surface area (Å²) >= 11 is 0. The summed E-state index contributed by atoms with van der Waals surface area (Å²) in [5.74, 6) is -0.159. The minimum absolute atomic E-state index is 0.0330. The minimum Gasteiger partial charge on any atom is -0.497 e. The van der Waals surface area contributed by atoms with E-state index in [4.69, 9.17) is 9.47 Å². The van der Waals surface area contributed by atoms with E-state index in [1.807, 2.05) is 61.5 Å². The number of aryl methyl sites for hydroxylation is 1. The van der Waals surface area contributed by atoms with Gasteiger partial charge in [-0.15, -0.1) is 0 Å². The summed E-state index contributed by atoms with van der Waals surface area (Å²) < 4.78 is 40.1. The number of anilines is 1. The number of carbonyl (C=O) groups is 2. The number of hydrogen-bond acceptors (Lipinski definition) is 6. The lowest BCUT2D eigenvalue weighted by atomic mass is 10.0. The molecule has 1 unspecified atom stereocenters. The second-order valence-electron chi connectivity index (χ2n) is 10.2. The number of nitrogens with one attached hydrogen (secondary N) is 1. The average Bonchev–Trinajstić information content (AvgIpc) is 3.05. The molecule has 10 heteroatoms. The first-order valence-electron chi connectivity index (χ1n) is 14.1. The molecular formula is C34H37N3O6S. The Kier molecular flexibility index (Phi) is 10.6. The van der Waals surface area contributed by atoms with E-state index in [-0.39, 0.29) is 35.2 Å². The summed E-state index contributed by atoms with van der Waals surface area (Å²) in [4.78, 5) is 29.2. The third kappa shape index (κ3) is 7.57. The van der Waals surface area contributed by atoms with Gasteiger partial charge in [-0.3, -0.25) is 13.9 Å². The number of hydrogen-bond donors (Lipinski definition) is 1. The second-order valence-corrected chi connectivity index (χ2v) is 12.1. The molecular weight excluding hydrogens is 578 g/mol. The topological polar surface area (TPSA) is 105 Å². The molecule has 0 bridgehead atoms. The Bertz CT molecular complexity index is 1680. The highest BCUT2D eigenvalue weighted by Gasteiger charge is 2.35. The lowest BCUT2D eigenvalue weighted by Gasteiger charge is -2.34. The van der Waals surface area contributed by atoms with Crippen molar-refractivity contribution in [1.29, 1.82) is 0 Å². The van der Waals surface area contributed by atoms with E-state index in [9.17, 15) is 18.0 Å². The largest absolute Gasteiger partial charge is 0.497 e. The van der Waals surface area contributed by atoms with Crippen molar-refractivity contribution in [3.63, 3.8) is 0 Å². The van der Waals surface area contributed by atoms with Crippen LogP contribution in [0.3, 0.4) is 0 Å². The summed E-state index contributed by atoms with van der Waals surface area (Å²) in [6, 6.07) is 28.7. The molecule has 0 radical (unpaired) electrons. The van der Waals surface area contributed by atoms with E-state index < -0.39 is 28.5 Å². The van der Waals surface area contributed by atoms with Gasteiger partial charge >= 0.3 is 0 Å². The van der Waals surface area contributed by atoms with Gasteiger partial charge in [-0.05, 0) is 54.4 Å². The normalized spacial score (nSPS) is 11.7. The fourth-order valence-electron chi connectivity index (χ4n) is 4.95. The molecule has 0 aromatic heterocycles. The standard InChI is InChI=1S/C34H37N3O6S/c1-25-11-10-14-27(21-25)23-36(31(34(39)35-2)22-26-12-6-5-7-13-26)33(38)24-37(30-15-8-9-16-32(30)43-4)44(40,41)29-19-17-28(42-3)18-20-29/h5-21,31H,22-24H2,1-4H3,(H,35,39). The van der Waals surface area contributed by atoms with Crippen LogP contribution in [0.5, 0.6) is 11.5 Å². The molecule has 0 fully saturated rings. The van der Waals surface area contributed by atoms with E-state index in [2.05, 4.69) is 5.32 Å². The first kappa shape index (κ1) is 32.1. The first-order valence-corrected chi connectivity index (χ1v) is 15.5. The Balaban J connectivity index is 1.81. The van der Waals surface area contributed by atoms with Gasteiger partial charge in [0.05, 0.1) is 24.8 Å². The number of benzene rings is 4. The van der Waals surface area contributed by atoms with Gasteiger partial charge in [0.1, 0.15) is 24.1 Å². The Morgan fingerprint density at radius 2 is 1.48 bits per heavy atom. The molecule has 0 aliphatic rings. The monoisotopic (exact) mass is 615 g/mol. The molecule has 44 heavy (non-hydrogen) atoms. The highest BCUT2D eigenvalue weighted by Crippen LogP contribution is 2.33. The SMILES string of the molecule is CNC(=O)C(Cc1ccccc1)N(Cc1cccc(C)c1)C(=O)CN(c1ccccc1OC)S(=O)(=O)c1ccc(OC)cc1. The van der Waals surface area contributed by atoms with Gasteiger partial charge in [-0.1, -0.05) is 72.3 Å². The predicted molar refractivity (Wildman–Crippen MR) is 170 cm³/mol. The fourth-order valence-corrected chi connectivity index (χ4v) is 6.38. The Morgan fingerprint density at radius 1 is 0.818 bits per heavy atom. The highest BCUT2D eigenvalue weighted by atomic mass is 32.2. The molecule has 2 amide bonds. The lowest BCUT2D eigenvalue weighted by Crippen LogP contribution is -2.53. The third-order valence-electron chi connectivity index (χ3n) is 7.23. The summed E-state index contributed by atoms with van der Waals surface area (Å²) in [6.07, 6.45) is 0.234. The number of methoxy groups -OCH3 is 2. The molecule has 4 rings (SSSR count). The molecule has 0 aliphatic heterocycles. The maximum Gasteiger partial charge on any atom is 0.264 e. The van der Waals surface area contributed by atoms with Crippen LogP contribution < -0.4 is 19.1 Å². The van der Waals surface area contributed by atoms with Gasteiger partial charge in [-0.25, -0.2) is 8.42 Å². The molecule has 9 nitrogen and oxygen atoms in total. The van der Waals surface area contributed by atoms with Crippen molar-refractivity contribution in [1.82, 2.24) is 10.2 Å². The summed E-state index contributed by atoms with van der Waals surface area (Å²) in [7, 11) is 0.164. The zero-order valence-corrected chi connectivity index (χ0v) is 26.1. The molecule has 230 valence electrons. The molecule has 4 aromatic carbocycles. The smallest absolute Gasteiger partial charge is 0.264 e. The van der Waals surface area contributed by atoms with Crippen LogP contribution in [-0.2, 0) is 32.6 Å². The van der Waals surface area contributed by atoms with Crippen LogP contribution >= 0.6 is 0 Å². The van der Waals surface area contributed by atoms with E-state index in [1.54, 1.807) is 36.4 Å². The molecule has 0 saturated heterocycles. The minimum atomic E-state index is -4.28. The van der Waals surface area contributed by atoms with Crippen molar-refractivity contribution >= 4 is 27.5 Å². The zero-order valence-electron chi connectivity index (χ0n) is 25.3. The highest BCUT2D eigenvalue weighted by molar-refractivity contribution is 7.92. The second kappa shape index (κ2) is 14.6. The van der Waals surface area contributed by atoms with Gasteiger partial charge in [0.25, 0.3) is 10.0 Å². The predicted octanol–water partition coefficient (Wildman–Crippen LogP) is 4.59. The van der Waals surface area contributed by atoms with E-state index >= 15 is 0 Å². The van der Waals surface area contributed by atoms with Crippen LogP contribution in [-0.4, -0.2) is 59.0 Å². The molecule has 0 heterocycles. The van der Waals surface area contributed by atoms with Crippen LogP contribution in [0.25, 0.3) is 0 Å². The van der Waals surface area contributed by atoms with E-state index in [0.717, 1.165) is 21.0 Å². The van der Waals surface area contributed by atoms with Crippen LogP contribution in [0.1, 0.15) is 16.7 Å². The van der Waals surface area contributed by atoms with Crippen molar-refractivity contribution in [2.75, 3.05) is 32.1 Å². The van der Waals surface area contributed by atoms with Gasteiger partial charge < -0.3 is 19.7 Å². The molecule has 4 aromatic rings. The first-order chi connectivity index (χ1) is 21.2. The number of carbonyl (C=O) groups excluding carboxylic acids is 2. The number of amides is 2. The van der Waals surface area contributed by atoms with Crippen molar-refractivity contribution in [2.24, 2.45) is 0 Å². The van der Waals surface area contributed by atoms with Crippen LogP contribution in [0.2, 0.25) is 0 Å². The van der Waals surface area contributed by atoms with Gasteiger partial charge in [0, 0.05) is 20.0 Å². The van der Waals surface area contributed by atoms with Crippen LogP contribution in [0.15, 0.2) is 108 Å². The Labute approximate surface area is 259 Å². The lowest BCUT2D eigenvalue weighted by molar-refractivity contribution is -0.139. The van der Waals surface area contributed by atoms with E-state index in [0.29, 0.717) is 5.75 Å².